The summed E-state index contributed by atoms with van der Waals surface area (Å²) in [5.74, 6) is 2.08. The van der Waals surface area contributed by atoms with Crippen LogP contribution in [0.1, 0.15) is 23.3 Å². The van der Waals surface area contributed by atoms with Gasteiger partial charge in [-0.05, 0) is 88.8 Å². The lowest BCUT2D eigenvalue weighted by Gasteiger charge is -2.24. The third kappa shape index (κ3) is 4.56. The summed E-state index contributed by atoms with van der Waals surface area (Å²) in [5, 5.41) is 10.1. The lowest BCUT2D eigenvalue weighted by atomic mass is 9.81. The molecular formula is C45H32N2OS. The van der Waals surface area contributed by atoms with E-state index in [0.29, 0.717) is 5.92 Å². The molecule has 1 atom stereocenters. The Balaban J connectivity index is 1.09. The van der Waals surface area contributed by atoms with Crippen molar-refractivity contribution < 1.29 is 4.74 Å². The molecule has 0 amide bonds. The zero-order valence-corrected chi connectivity index (χ0v) is 27.8. The van der Waals surface area contributed by atoms with Crippen LogP contribution in [0.4, 0.5) is 11.4 Å². The van der Waals surface area contributed by atoms with Gasteiger partial charge in [0.2, 0.25) is 0 Å². The van der Waals surface area contributed by atoms with E-state index in [1.54, 1.807) is 0 Å². The molecule has 0 saturated carbocycles. The number of rotatable bonds is 5. The second-order valence-corrected chi connectivity index (χ2v) is 14.2. The molecule has 2 aromatic heterocycles. The molecule has 2 heterocycles. The number of hydrogen-bond acceptors (Lipinski definition) is 3. The van der Waals surface area contributed by atoms with E-state index < -0.39 is 0 Å². The number of nitrogens with zero attached hydrogens (tertiary/aromatic N) is 1. The smallest absolute Gasteiger partial charge is 0.152 e. The number of para-hydroxylation sites is 3. The average molecular weight is 649 g/mol. The fraction of sp³-hybridized carbons (Fsp3) is 0.0667. The van der Waals surface area contributed by atoms with Crippen LogP contribution in [0.15, 0.2) is 152 Å². The van der Waals surface area contributed by atoms with Gasteiger partial charge in [-0.25, -0.2) is 0 Å². The Kier molecular flexibility index (Phi) is 6.40. The number of aromatic nitrogens is 1. The molecule has 0 bridgehead atoms. The molecule has 10 rings (SSSR count). The fourth-order valence-electron chi connectivity index (χ4n) is 7.82. The Morgan fingerprint density at radius 3 is 2.14 bits per heavy atom. The SMILES string of the molecule is CC1Cc2ccc3cc(Nc4ccc(-n5c6ccccc6c6ccccc65)cc4Oc4ccccc4)ccc3c2-c2c1sc1ccccc21. The standard InChI is InChI=1S/C45H32N2OS/c1-28-25-30-20-19-29-26-31(21-23-34(29)43(30)44-37-15-7-10-18-42(37)49-45(28)44)46-38-24-22-32(27-41(38)48-33-11-3-2-4-12-33)47-39-16-8-5-13-35(39)36-14-6-9-17-40(36)47/h2-24,26-28,46H,25H2,1H3. The van der Waals surface area contributed by atoms with Crippen molar-refractivity contribution in [3.63, 3.8) is 0 Å². The van der Waals surface area contributed by atoms with Crippen LogP contribution in [-0.4, -0.2) is 4.57 Å². The topological polar surface area (TPSA) is 26.2 Å². The maximum Gasteiger partial charge on any atom is 0.152 e. The number of ether oxygens (including phenoxy) is 1. The number of fused-ring (bicyclic) bond motifs is 10. The maximum absolute atomic E-state index is 6.61. The van der Waals surface area contributed by atoms with Crippen molar-refractivity contribution in [1.82, 2.24) is 4.57 Å². The molecule has 7 aromatic carbocycles. The molecule has 0 fully saturated rings. The van der Waals surface area contributed by atoms with Crippen LogP contribution in [0.5, 0.6) is 11.5 Å². The molecule has 9 aromatic rings. The van der Waals surface area contributed by atoms with Crippen molar-refractivity contribution in [2.75, 3.05) is 5.32 Å². The second-order valence-electron chi connectivity index (χ2n) is 13.1. The lowest BCUT2D eigenvalue weighted by molar-refractivity contribution is 0.484. The molecule has 1 unspecified atom stereocenters. The molecule has 0 spiro atoms. The summed E-state index contributed by atoms with van der Waals surface area (Å²) in [6.07, 6.45) is 1.07. The van der Waals surface area contributed by atoms with Crippen LogP contribution in [0.2, 0.25) is 0 Å². The minimum absolute atomic E-state index is 0.520. The molecule has 49 heavy (non-hydrogen) atoms. The Bertz CT molecular complexity index is 2670. The highest BCUT2D eigenvalue weighted by atomic mass is 32.1. The molecule has 1 aliphatic carbocycles. The van der Waals surface area contributed by atoms with Gasteiger partial charge >= 0.3 is 0 Å². The van der Waals surface area contributed by atoms with Crippen LogP contribution in [0.25, 0.3) is 59.5 Å². The highest BCUT2D eigenvalue weighted by Gasteiger charge is 2.27. The van der Waals surface area contributed by atoms with E-state index in [9.17, 15) is 0 Å². The number of hydrogen-bond donors (Lipinski definition) is 1. The minimum Gasteiger partial charge on any atom is -0.455 e. The van der Waals surface area contributed by atoms with E-state index in [-0.39, 0.29) is 0 Å². The van der Waals surface area contributed by atoms with Crippen molar-refractivity contribution in [1.29, 1.82) is 0 Å². The summed E-state index contributed by atoms with van der Waals surface area (Å²) < 4.78 is 10.3. The maximum atomic E-state index is 6.61. The number of anilines is 2. The Labute approximate surface area is 288 Å². The average Bonchev–Trinajstić information content (AvgIpc) is 3.70. The first-order chi connectivity index (χ1) is 24.2. The van der Waals surface area contributed by atoms with Gasteiger partial charge < -0.3 is 14.6 Å². The summed E-state index contributed by atoms with van der Waals surface area (Å²) >= 11 is 1.96. The quantitative estimate of drug-likeness (QED) is 0.201. The predicted molar refractivity (Wildman–Crippen MR) is 207 cm³/mol. The van der Waals surface area contributed by atoms with E-state index >= 15 is 0 Å². The Morgan fingerprint density at radius 2 is 1.35 bits per heavy atom. The fourth-order valence-corrected chi connectivity index (χ4v) is 9.08. The molecular weight excluding hydrogens is 617 g/mol. The van der Waals surface area contributed by atoms with Crippen molar-refractivity contribution in [2.24, 2.45) is 0 Å². The molecule has 3 nitrogen and oxygen atoms in total. The van der Waals surface area contributed by atoms with E-state index in [4.69, 9.17) is 4.74 Å². The Morgan fingerprint density at radius 1 is 0.633 bits per heavy atom. The van der Waals surface area contributed by atoms with Gasteiger partial charge in [0.15, 0.2) is 5.75 Å². The van der Waals surface area contributed by atoms with Crippen molar-refractivity contribution in [3.8, 4) is 28.3 Å². The van der Waals surface area contributed by atoms with Gasteiger partial charge in [0, 0.05) is 43.1 Å². The van der Waals surface area contributed by atoms with Crippen LogP contribution in [0.3, 0.4) is 0 Å². The summed E-state index contributed by atoms with van der Waals surface area (Å²) in [6.45, 7) is 2.37. The van der Waals surface area contributed by atoms with Gasteiger partial charge in [-0.15, -0.1) is 11.3 Å². The summed E-state index contributed by atoms with van der Waals surface area (Å²) in [7, 11) is 0. The molecule has 1 N–H and O–H groups in total. The molecule has 0 saturated heterocycles. The normalized spacial score (nSPS) is 13.9. The van der Waals surface area contributed by atoms with Crippen LogP contribution >= 0.6 is 11.3 Å². The molecule has 0 radical (unpaired) electrons. The van der Waals surface area contributed by atoms with Gasteiger partial charge in [0.05, 0.1) is 22.4 Å². The van der Waals surface area contributed by atoms with Crippen LogP contribution in [0, 0.1) is 0 Å². The van der Waals surface area contributed by atoms with Crippen LogP contribution < -0.4 is 10.1 Å². The van der Waals surface area contributed by atoms with Crippen LogP contribution in [-0.2, 0) is 6.42 Å². The first-order valence-corrected chi connectivity index (χ1v) is 17.7. The van der Waals surface area contributed by atoms with Gasteiger partial charge in [-0.1, -0.05) is 97.9 Å². The highest BCUT2D eigenvalue weighted by molar-refractivity contribution is 7.19. The van der Waals surface area contributed by atoms with Crippen molar-refractivity contribution in [2.45, 2.75) is 19.3 Å². The van der Waals surface area contributed by atoms with Gasteiger partial charge in [0.1, 0.15) is 5.75 Å². The van der Waals surface area contributed by atoms with Crippen molar-refractivity contribution >= 4 is 65.4 Å². The molecule has 1 aliphatic rings. The largest absolute Gasteiger partial charge is 0.455 e. The van der Waals surface area contributed by atoms with Gasteiger partial charge in [0.25, 0.3) is 0 Å². The molecule has 0 aliphatic heterocycles. The van der Waals surface area contributed by atoms with E-state index in [2.05, 4.69) is 138 Å². The number of nitrogens with one attached hydrogen (secondary N) is 1. The third-order valence-corrected chi connectivity index (χ3v) is 11.4. The zero-order chi connectivity index (χ0) is 32.5. The minimum atomic E-state index is 0.520. The molecule has 234 valence electrons. The van der Waals surface area contributed by atoms with E-state index in [0.717, 1.165) is 35.0 Å². The van der Waals surface area contributed by atoms with E-state index in [1.165, 1.54) is 64.2 Å². The first kappa shape index (κ1) is 28.2. The number of thiophene rings is 1. The predicted octanol–water partition coefficient (Wildman–Crippen LogP) is 13.0. The number of benzene rings is 7. The van der Waals surface area contributed by atoms with Crippen molar-refractivity contribution in [3.05, 3.63) is 162 Å². The summed E-state index contributed by atoms with van der Waals surface area (Å²) in [5.41, 5.74) is 9.59. The first-order valence-electron chi connectivity index (χ1n) is 16.9. The Hall–Kier alpha value is -5.84. The monoisotopic (exact) mass is 648 g/mol. The zero-order valence-electron chi connectivity index (χ0n) is 27.0. The summed E-state index contributed by atoms with van der Waals surface area (Å²) in [6, 6.07) is 54.0. The summed E-state index contributed by atoms with van der Waals surface area (Å²) in [4.78, 5) is 1.51. The third-order valence-electron chi connectivity index (χ3n) is 10.0. The van der Waals surface area contributed by atoms with Gasteiger partial charge in [-0.2, -0.15) is 0 Å². The van der Waals surface area contributed by atoms with E-state index in [1.807, 2.05) is 41.7 Å². The van der Waals surface area contributed by atoms with Gasteiger partial charge in [-0.3, -0.25) is 0 Å². The highest BCUT2D eigenvalue weighted by Crippen LogP contribution is 2.51. The second kappa shape index (κ2) is 11.1. The molecule has 4 heteroatoms. The lowest BCUT2D eigenvalue weighted by Crippen LogP contribution is -2.06.